The Kier molecular flexibility index (Phi) is 4.77. The lowest BCUT2D eigenvalue weighted by atomic mass is 9.65. The van der Waals surface area contributed by atoms with Crippen molar-refractivity contribution < 1.29 is 19.7 Å². The van der Waals surface area contributed by atoms with Crippen LogP contribution in [0.25, 0.3) is 0 Å². The molecule has 1 fully saturated rings. The van der Waals surface area contributed by atoms with E-state index in [1.165, 1.54) is 19.3 Å². The minimum atomic E-state index is -2.20. The molecule has 1 aromatic carbocycles. The molecule has 2 atom stereocenters. The van der Waals surface area contributed by atoms with Crippen molar-refractivity contribution in [1.82, 2.24) is 4.90 Å². The fourth-order valence-corrected chi connectivity index (χ4v) is 4.93. The van der Waals surface area contributed by atoms with Crippen LogP contribution in [-0.4, -0.2) is 34.7 Å². The van der Waals surface area contributed by atoms with E-state index in [0.29, 0.717) is 18.6 Å². The van der Waals surface area contributed by atoms with E-state index in [2.05, 4.69) is 4.90 Å². The van der Waals surface area contributed by atoms with Crippen LogP contribution in [0.4, 0.5) is 0 Å². The van der Waals surface area contributed by atoms with E-state index >= 15 is 0 Å². The molecular formula is C24H30NO4-. The Morgan fingerprint density at radius 3 is 2.55 bits per heavy atom. The summed E-state index contributed by atoms with van der Waals surface area (Å²) in [4.78, 5) is 14.7. The minimum Gasteiger partial charge on any atom is -0.547 e. The van der Waals surface area contributed by atoms with Crippen LogP contribution in [0.15, 0.2) is 42.1 Å². The highest BCUT2D eigenvalue weighted by atomic mass is 16.5. The van der Waals surface area contributed by atoms with Gasteiger partial charge in [0.2, 0.25) is 0 Å². The van der Waals surface area contributed by atoms with Crippen molar-refractivity contribution in [2.45, 2.75) is 64.1 Å². The third-order valence-electron chi connectivity index (χ3n) is 6.68. The van der Waals surface area contributed by atoms with Gasteiger partial charge in [0.15, 0.2) is 0 Å². The molecule has 1 aliphatic carbocycles. The number of benzene rings is 1. The van der Waals surface area contributed by atoms with Gasteiger partial charge in [-0.3, -0.25) is 0 Å². The van der Waals surface area contributed by atoms with Crippen LogP contribution in [-0.2, 0) is 16.8 Å². The van der Waals surface area contributed by atoms with Crippen molar-refractivity contribution in [1.29, 1.82) is 0 Å². The van der Waals surface area contributed by atoms with Crippen molar-refractivity contribution in [3.05, 3.63) is 53.3 Å². The van der Waals surface area contributed by atoms with Crippen molar-refractivity contribution in [3.8, 4) is 5.75 Å². The summed E-state index contributed by atoms with van der Waals surface area (Å²) in [5, 5.41) is 24.0. The van der Waals surface area contributed by atoms with Crippen molar-refractivity contribution in [3.63, 3.8) is 0 Å². The molecule has 5 nitrogen and oxygen atoms in total. The molecule has 0 bridgehead atoms. The van der Waals surface area contributed by atoms with Gasteiger partial charge in [-0.2, -0.15) is 0 Å². The van der Waals surface area contributed by atoms with Gasteiger partial charge >= 0.3 is 0 Å². The second-order valence-corrected chi connectivity index (χ2v) is 9.46. The smallest absolute Gasteiger partial charge is 0.141 e. The molecule has 0 spiro atoms. The van der Waals surface area contributed by atoms with Crippen LogP contribution >= 0.6 is 0 Å². The molecule has 0 aromatic heterocycles. The average molecular weight is 397 g/mol. The first-order valence-corrected chi connectivity index (χ1v) is 10.6. The van der Waals surface area contributed by atoms with E-state index in [1.807, 2.05) is 38.1 Å². The number of allylic oxidation sites excluding steroid dienone is 2. The second-order valence-electron chi connectivity index (χ2n) is 9.46. The SMILES string of the molecule is CC1(C)Cc2cccc(C(O)(C(=O)[O-])C3(C)C=CC(N4CCCCC4)=CC3)c2O1. The molecule has 1 aromatic rings. The lowest BCUT2D eigenvalue weighted by Gasteiger charge is -2.46. The number of likely N-dealkylation sites (tertiary alicyclic amines) is 1. The van der Waals surface area contributed by atoms with Gasteiger partial charge in [0.25, 0.3) is 0 Å². The molecule has 5 heteroatoms. The zero-order chi connectivity index (χ0) is 20.9. The molecule has 2 heterocycles. The summed E-state index contributed by atoms with van der Waals surface area (Å²) in [7, 11) is 0. The maximum atomic E-state index is 12.4. The maximum Gasteiger partial charge on any atom is 0.141 e. The van der Waals surface area contributed by atoms with Gasteiger partial charge in [-0.15, -0.1) is 0 Å². The molecule has 0 amide bonds. The molecule has 29 heavy (non-hydrogen) atoms. The second kappa shape index (κ2) is 6.91. The Morgan fingerprint density at radius 1 is 1.21 bits per heavy atom. The highest BCUT2D eigenvalue weighted by Gasteiger charge is 2.51. The Labute approximate surface area is 172 Å². The van der Waals surface area contributed by atoms with Crippen molar-refractivity contribution in [2.75, 3.05) is 13.1 Å². The number of carbonyl (C=O) groups is 1. The highest BCUT2D eigenvalue weighted by molar-refractivity contribution is 5.81. The van der Waals surface area contributed by atoms with Crippen molar-refractivity contribution in [2.24, 2.45) is 5.41 Å². The fourth-order valence-electron chi connectivity index (χ4n) is 4.93. The van der Waals surface area contributed by atoms with Gasteiger partial charge in [0.05, 0.1) is 5.97 Å². The average Bonchev–Trinajstić information content (AvgIpc) is 3.02. The maximum absolute atomic E-state index is 12.4. The van der Waals surface area contributed by atoms with E-state index < -0.39 is 22.6 Å². The third-order valence-corrected chi connectivity index (χ3v) is 6.68. The van der Waals surface area contributed by atoms with Crippen LogP contribution in [0.5, 0.6) is 5.75 Å². The zero-order valence-electron chi connectivity index (χ0n) is 17.5. The number of ether oxygens (including phenoxy) is 1. The first-order chi connectivity index (χ1) is 13.7. The molecule has 1 saturated heterocycles. The quantitative estimate of drug-likeness (QED) is 0.847. The van der Waals surface area contributed by atoms with Gasteiger partial charge in [0, 0.05) is 36.2 Å². The molecule has 1 N–H and O–H groups in total. The van der Waals surface area contributed by atoms with Crippen LogP contribution in [0.2, 0.25) is 0 Å². The number of aliphatic hydroxyl groups is 1. The standard InChI is InChI=1S/C24H31NO4/c1-22(2)16-17-8-7-9-19(20(17)29-22)24(28,21(26)27)23(3)12-10-18(11-13-23)25-14-5-4-6-15-25/h7-12,28H,4-6,13-16H2,1-3H3,(H,26,27)/p-1. The van der Waals surface area contributed by atoms with E-state index in [0.717, 1.165) is 24.4 Å². The Balaban J connectivity index is 1.71. The third kappa shape index (κ3) is 3.25. The topological polar surface area (TPSA) is 72.8 Å². The lowest BCUT2D eigenvalue weighted by Crippen LogP contribution is -2.56. The number of hydrogen-bond donors (Lipinski definition) is 1. The van der Waals surface area contributed by atoms with E-state index in [4.69, 9.17) is 4.74 Å². The summed E-state index contributed by atoms with van der Waals surface area (Å²) >= 11 is 0. The normalized spacial score (nSPS) is 27.6. The number of piperidine rings is 1. The van der Waals surface area contributed by atoms with Gasteiger partial charge in [-0.05, 0) is 51.2 Å². The van der Waals surface area contributed by atoms with Gasteiger partial charge < -0.3 is 24.6 Å². The summed E-state index contributed by atoms with van der Waals surface area (Å²) in [5.74, 6) is -1.02. The van der Waals surface area contributed by atoms with Crippen LogP contribution in [0.1, 0.15) is 57.6 Å². The number of carbonyl (C=O) groups excluding carboxylic acids is 1. The zero-order valence-corrected chi connectivity index (χ0v) is 17.5. The number of aliphatic carboxylic acids is 1. The molecule has 0 radical (unpaired) electrons. The first kappa shape index (κ1) is 20.0. The Bertz CT molecular complexity index is 881. The number of carboxylic acids is 1. The summed E-state index contributed by atoms with van der Waals surface area (Å²) in [5.41, 5.74) is -1.37. The molecule has 4 rings (SSSR count). The molecule has 3 aliphatic rings. The molecule has 2 aliphatic heterocycles. The summed E-state index contributed by atoms with van der Waals surface area (Å²) in [6.07, 6.45) is 10.5. The molecule has 156 valence electrons. The van der Waals surface area contributed by atoms with E-state index in [9.17, 15) is 15.0 Å². The van der Waals surface area contributed by atoms with Gasteiger partial charge in [0.1, 0.15) is 17.0 Å². The predicted octanol–water partition coefficient (Wildman–Crippen LogP) is 2.67. The van der Waals surface area contributed by atoms with Crippen LogP contribution < -0.4 is 9.84 Å². The number of hydrogen-bond acceptors (Lipinski definition) is 5. The number of fused-ring (bicyclic) bond motifs is 1. The summed E-state index contributed by atoms with van der Waals surface area (Å²) in [6, 6.07) is 5.37. The first-order valence-electron chi connectivity index (χ1n) is 10.6. The monoisotopic (exact) mass is 396 g/mol. The van der Waals surface area contributed by atoms with Gasteiger partial charge in [-0.25, -0.2) is 0 Å². The number of rotatable bonds is 4. The Hall–Kier alpha value is -2.27. The van der Waals surface area contributed by atoms with Gasteiger partial charge in [-0.1, -0.05) is 37.3 Å². The number of carboxylic acid groups (broad SMARTS) is 1. The van der Waals surface area contributed by atoms with E-state index in [1.54, 1.807) is 19.1 Å². The molecular weight excluding hydrogens is 366 g/mol. The molecule has 2 unspecified atom stereocenters. The van der Waals surface area contributed by atoms with Crippen molar-refractivity contribution >= 4 is 5.97 Å². The minimum absolute atomic E-state index is 0.280. The van der Waals surface area contributed by atoms with Crippen LogP contribution in [0, 0.1) is 5.41 Å². The largest absolute Gasteiger partial charge is 0.547 e. The van der Waals surface area contributed by atoms with Crippen LogP contribution in [0.3, 0.4) is 0 Å². The predicted molar refractivity (Wildman–Crippen MR) is 109 cm³/mol. The summed E-state index contributed by atoms with van der Waals surface area (Å²) < 4.78 is 6.08. The number of nitrogens with zero attached hydrogens (tertiary/aromatic N) is 1. The lowest BCUT2D eigenvalue weighted by molar-refractivity contribution is -0.333. The Morgan fingerprint density at radius 2 is 1.93 bits per heavy atom. The van der Waals surface area contributed by atoms with E-state index in [-0.39, 0.29) is 5.56 Å². The summed E-state index contributed by atoms with van der Waals surface area (Å²) in [6.45, 7) is 7.75. The fraction of sp³-hybridized carbons (Fsp3) is 0.542. The number of para-hydroxylation sites is 1. The highest BCUT2D eigenvalue weighted by Crippen LogP contribution is 2.51. The molecule has 0 saturated carbocycles.